The first-order chi connectivity index (χ1) is 19.2. The van der Waals surface area contributed by atoms with Crippen LogP contribution in [-0.4, -0.2) is 31.2 Å². The minimum atomic E-state index is -0.434. The minimum Gasteiger partial charge on any atom is -0.228 e. The van der Waals surface area contributed by atoms with Crippen molar-refractivity contribution in [2.24, 2.45) is 0 Å². The van der Waals surface area contributed by atoms with Crippen molar-refractivity contribution >= 4 is 19.9 Å². The molecule has 0 radical (unpaired) electrons. The molecular formula is C32H21FN5P. The van der Waals surface area contributed by atoms with Gasteiger partial charge in [-0.1, -0.05) is 105 Å². The highest BCUT2D eigenvalue weighted by atomic mass is 31.1. The average molecular weight is 526 g/mol. The molecule has 7 heteroatoms. The van der Waals surface area contributed by atoms with Gasteiger partial charge in [0.2, 0.25) is 0 Å². The predicted molar refractivity (Wildman–Crippen MR) is 156 cm³/mol. The van der Waals surface area contributed by atoms with Crippen molar-refractivity contribution in [1.82, 2.24) is 24.9 Å². The molecule has 186 valence electrons. The highest BCUT2D eigenvalue weighted by Gasteiger charge is 2.17. The number of aromatic nitrogens is 5. The van der Waals surface area contributed by atoms with Gasteiger partial charge in [0.15, 0.2) is 23.3 Å². The van der Waals surface area contributed by atoms with E-state index in [0.29, 0.717) is 42.4 Å². The van der Waals surface area contributed by atoms with Crippen LogP contribution in [0, 0.1) is 5.82 Å². The third-order valence-corrected chi connectivity index (χ3v) is 6.66. The first kappa shape index (κ1) is 24.4. The van der Waals surface area contributed by atoms with E-state index in [-0.39, 0.29) is 11.4 Å². The molecule has 0 aliphatic carbocycles. The predicted octanol–water partition coefficient (Wildman–Crippen LogP) is 7.14. The fraction of sp³-hybridized carbons (Fsp3) is 0. The summed E-state index contributed by atoms with van der Waals surface area (Å²) in [6.45, 7) is 0. The second-order valence-corrected chi connectivity index (χ2v) is 9.47. The molecule has 39 heavy (non-hydrogen) atoms. The van der Waals surface area contributed by atoms with Crippen LogP contribution < -0.4 is 5.44 Å². The molecule has 0 aliphatic rings. The van der Waals surface area contributed by atoms with E-state index >= 15 is 4.39 Å². The lowest BCUT2D eigenvalue weighted by atomic mass is 10.1. The molecule has 0 N–H and O–H groups in total. The zero-order valence-electron chi connectivity index (χ0n) is 20.7. The summed E-state index contributed by atoms with van der Waals surface area (Å²) < 4.78 is 15.3. The molecule has 0 saturated heterocycles. The monoisotopic (exact) mass is 525 g/mol. The number of hydrogen-bond donors (Lipinski definition) is 0. The molecule has 0 unspecified atom stereocenters. The van der Waals surface area contributed by atoms with Gasteiger partial charge in [-0.15, -0.1) is 0 Å². The summed E-state index contributed by atoms with van der Waals surface area (Å²) in [6, 6.07) is 35.8. The maximum Gasteiger partial charge on any atom is 0.164 e. The molecular weight excluding hydrogens is 504 g/mol. The third kappa shape index (κ3) is 5.24. The number of benzene rings is 4. The second kappa shape index (κ2) is 10.8. The lowest BCUT2D eigenvalue weighted by Gasteiger charge is -2.11. The maximum atomic E-state index is 15.3. The van der Waals surface area contributed by atoms with E-state index in [9.17, 15) is 0 Å². The van der Waals surface area contributed by atoms with Gasteiger partial charge in [-0.3, -0.25) is 0 Å². The molecule has 2 aromatic heterocycles. The van der Waals surface area contributed by atoms with Gasteiger partial charge >= 0.3 is 0 Å². The zero-order valence-corrected chi connectivity index (χ0v) is 21.6. The van der Waals surface area contributed by atoms with Crippen LogP contribution >= 0.6 is 8.20 Å². The number of rotatable bonds is 6. The lowest BCUT2D eigenvalue weighted by Crippen LogP contribution is -2.06. The van der Waals surface area contributed by atoms with Crippen molar-refractivity contribution in [1.29, 1.82) is 0 Å². The Morgan fingerprint density at radius 2 is 1.00 bits per heavy atom. The summed E-state index contributed by atoms with van der Waals surface area (Å²) in [7, 11) is 0.711. The van der Waals surface area contributed by atoms with Crippen LogP contribution in [0.25, 0.3) is 56.8 Å². The summed E-state index contributed by atoms with van der Waals surface area (Å²) in [4.78, 5) is 23.6. The third-order valence-electron chi connectivity index (χ3n) is 6.11. The van der Waals surface area contributed by atoms with Crippen molar-refractivity contribution in [2.45, 2.75) is 0 Å². The Morgan fingerprint density at radius 1 is 0.487 bits per heavy atom. The zero-order chi connectivity index (χ0) is 26.6. The van der Waals surface area contributed by atoms with Crippen LogP contribution in [-0.2, 0) is 0 Å². The largest absolute Gasteiger partial charge is 0.228 e. The van der Waals surface area contributed by atoms with Gasteiger partial charge < -0.3 is 0 Å². The summed E-state index contributed by atoms with van der Waals surface area (Å²) in [6.07, 6.45) is 3.95. The van der Waals surface area contributed by atoms with E-state index in [0.717, 1.165) is 16.7 Å². The smallest absolute Gasteiger partial charge is 0.164 e. The molecule has 0 saturated carbocycles. The van der Waals surface area contributed by atoms with Gasteiger partial charge in [-0.25, -0.2) is 29.3 Å². The first-order valence-corrected chi connectivity index (χ1v) is 13.3. The first-order valence-electron chi connectivity index (χ1n) is 12.3. The van der Waals surface area contributed by atoms with Crippen LogP contribution in [0.2, 0.25) is 0 Å². The molecule has 0 bridgehead atoms. The Labute approximate surface area is 227 Å². The number of nitrogens with zero attached hydrogens (tertiary/aromatic N) is 5. The molecule has 5 nitrogen and oxygen atoms in total. The van der Waals surface area contributed by atoms with E-state index in [4.69, 9.17) is 19.9 Å². The normalized spacial score (nSPS) is 11.0. The molecule has 2 heterocycles. The Hall–Kier alpha value is -4.93. The standard InChI is InChI=1S/C32H21FN5P/c1-39-28-20-27(21-11-5-2-6-12-21)34-32(35-28)25-19-24(17-18-26(25)33)31-37-29(22-13-7-3-8-14-22)36-30(38-31)23-15-9-4-10-16-23/h2-20H,1H2. The van der Waals surface area contributed by atoms with Gasteiger partial charge in [-0.05, 0) is 24.3 Å². The van der Waals surface area contributed by atoms with E-state index in [1.165, 1.54) is 6.07 Å². The lowest BCUT2D eigenvalue weighted by molar-refractivity contribution is 0.630. The average Bonchev–Trinajstić information content (AvgIpc) is 3.02. The molecule has 0 fully saturated rings. The van der Waals surface area contributed by atoms with Crippen LogP contribution in [0.15, 0.2) is 115 Å². The fourth-order valence-electron chi connectivity index (χ4n) is 4.17. The van der Waals surface area contributed by atoms with Crippen LogP contribution in [0.3, 0.4) is 0 Å². The molecule has 4 aromatic carbocycles. The van der Waals surface area contributed by atoms with Crippen molar-refractivity contribution in [2.75, 3.05) is 0 Å². The van der Waals surface area contributed by atoms with Gasteiger partial charge in [0.1, 0.15) is 5.82 Å². The summed E-state index contributed by atoms with van der Waals surface area (Å²) in [5.74, 6) is 1.34. The van der Waals surface area contributed by atoms with Crippen molar-refractivity contribution in [3.05, 3.63) is 121 Å². The topological polar surface area (TPSA) is 64.5 Å². The Morgan fingerprint density at radius 3 is 1.54 bits per heavy atom. The fourth-order valence-corrected chi connectivity index (χ4v) is 4.55. The molecule has 0 spiro atoms. The van der Waals surface area contributed by atoms with E-state index in [2.05, 4.69) is 11.3 Å². The minimum absolute atomic E-state index is 0.262. The number of halogens is 1. The molecule has 0 atom stereocenters. The van der Waals surface area contributed by atoms with Crippen LogP contribution in [0.1, 0.15) is 0 Å². The van der Waals surface area contributed by atoms with E-state index in [1.54, 1.807) is 12.1 Å². The van der Waals surface area contributed by atoms with Crippen molar-refractivity contribution in [3.8, 4) is 56.8 Å². The highest BCUT2D eigenvalue weighted by molar-refractivity contribution is 7.45. The molecule has 0 aliphatic heterocycles. The summed E-state index contributed by atoms with van der Waals surface area (Å²) >= 11 is 0. The van der Waals surface area contributed by atoms with Crippen LogP contribution in [0.4, 0.5) is 4.39 Å². The van der Waals surface area contributed by atoms with E-state index in [1.807, 2.05) is 97.1 Å². The number of hydrogen-bond acceptors (Lipinski definition) is 5. The van der Waals surface area contributed by atoms with Crippen molar-refractivity contribution in [3.63, 3.8) is 0 Å². The Bertz CT molecular complexity index is 1720. The molecule has 6 aromatic rings. The van der Waals surface area contributed by atoms with Gasteiger partial charge in [0.25, 0.3) is 0 Å². The SMILES string of the molecule is C=Pc1cc(-c2ccccc2)nc(-c2cc(-c3nc(-c4ccccc4)nc(-c4ccccc4)n3)ccc2F)n1. The van der Waals surface area contributed by atoms with Crippen molar-refractivity contribution < 1.29 is 4.39 Å². The molecule has 0 amide bonds. The Kier molecular flexibility index (Phi) is 6.77. The summed E-state index contributed by atoms with van der Waals surface area (Å²) in [5.41, 5.74) is 4.93. The van der Waals surface area contributed by atoms with Gasteiger partial charge in [-0.2, -0.15) is 0 Å². The highest BCUT2D eigenvalue weighted by Crippen LogP contribution is 2.29. The van der Waals surface area contributed by atoms with Gasteiger partial charge in [0.05, 0.1) is 16.7 Å². The van der Waals surface area contributed by atoms with E-state index < -0.39 is 5.82 Å². The van der Waals surface area contributed by atoms with Gasteiger partial charge in [0, 0.05) is 22.3 Å². The molecule has 6 rings (SSSR count). The second-order valence-electron chi connectivity index (χ2n) is 8.69. The van der Waals surface area contributed by atoms with Crippen LogP contribution in [0.5, 0.6) is 0 Å². The quantitative estimate of drug-likeness (QED) is 0.216. The maximum absolute atomic E-state index is 15.3. The Balaban J connectivity index is 1.51. The summed E-state index contributed by atoms with van der Waals surface area (Å²) in [5, 5.41) is 0.